The molecule has 3 aromatic rings. The smallest absolute Gasteiger partial charge is 0.274 e. The van der Waals surface area contributed by atoms with E-state index < -0.39 is 0 Å². The summed E-state index contributed by atoms with van der Waals surface area (Å²) in [5.41, 5.74) is 1.75. The Bertz CT molecular complexity index is 1080. The molecule has 0 aliphatic carbocycles. The number of aromatic nitrogens is 3. The van der Waals surface area contributed by atoms with Crippen molar-refractivity contribution in [2.45, 2.75) is 13.1 Å². The summed E-state index contributed by atoms with van der Waals surface area (Å²) in [6, 6.07) is 11.5. The molecular formula is C21H21N5O3. The maximum Gasteiger partial charge on any atom is 0.274 e. The zero-order valence-corrected chi connectivity index (χ0v) is 16.0. The van der Waals surface area contributed by atoms with Crippen molar-refractivity contribution in [3.05, 3.63) is 59.7 Å². The minimum atomic E-state index is -0.102. The number of carbonyl (C=O) groups excluding carboxylic acids is 2. The molecule has 2 amide bonds. The molecule has 5 rings (SSSR count). The number of pyridine rings is 1. The van der Waals surface area contributed by atoms with Crippen molar-refractivity contribution in [1.82, 2.24) is 24.6 Å². The van der Waals surface area contributed by atoms with E-state index >= 15 is 0 Å². The van der Waals surface area contributed by atoms with Crippen LogP contribution in [0.3, 0.4) is 0 Å². The zero-order chi connectivity index (χ0) is 19.8. The van der Waals surface area contributed by atoms with Crippen LogP contribution in [0, 0.1) is 0 Å². The number of morpholine rings is 1. The maximum absolute atomic E-state index is 13.2. The molecule has 148 valence electrons. The second kappa shape index (κ2) is 7.29. The highest BCUT2D eigenvalue weighted by Gasteiger charge is 2.28. The van der Waals surface area contributed by atoms with Crippen molar-refractivity contribution in [3.63, 3.8) is 0 Å². The van der Waals surface area contributed by atoms with Gasteiger partial charge >= 0.3 is 0 Å². The fourth-order valence-corrected chi connectivity index (χ4v) is 3.91. The van der Waals surface area contributed by atoms with Gasteiger partial charge in [-0.05, 0) is 17.5 Å². The third kappa shape index (κ3) is 3.25. The lowest BCUT2D eigenvalue weighted by Crippen LogP contribution is -2.41. The Balaban J connectivity index is 1.37. The lowest BCUT2D eigenvalue weighted by atomic mass is 10.1. The average molecular weight is 391 g/mol. The van der Waals surface area contributed by atoms with Gasteiger partial charge < -0.3 is 14.5 Å². The first-order valence-electron chi connectivity index (χ1n) is 9.77. The normalized spacial score (nSPS) is 16.7. The minimum absolute atomic E-state index is 0.0798. The standard InChI is InChI=1S/C21H21N5O3/c27-20(24-9-11-29-12-10-24)18-13-16-14-25(7-8-26(16)23-18)21(28)19-17-4-2-1-3-15(17)5-6-22-19/h1-6,13H,7-12,14H2. The summed E-state index contributed by atoms with van der Waals surface area (Å²) in [5, 5.41) is 6.31. The van der Waals surface area contributed by atoms with Crippen LogP contribution in [-0.2, 0) is 17.8 Å². The number of carbonyl (C=O) groups is 2. The highest BCUT2D eigenvalue weighted by molar-refractivity contribution is 6.05. The fourth-order valence-electron chi connectivity index (χ4n) is 3.91. The predicted octanol–water partition coefficient (Wildman–Crippen LogP) is 1.56. The van der Waals surface area contributed by atoms with Gasteiger partial charge in [-0.25, -0.2) is 0 Å². The Labute approximate surface area is 167 Å². The van der Waals surface area contributed by atoms with Gasteiger partial charge in [0, 0.05) is 31.2 Å². The molecule has 29 heavy (non-hydrogen) atoms. The van der Waals surface area contributed by atoms with Crippen LogP contribution in [0.2, 0.25) is 0 Å². The molecule has 2 aromatic heterocycles. The molecule has 8 heteroatoms. The molecule has 1 saturated heterocycles. The van der Waals surface area contributed by atoms with Gasteiger partial charge in [-0.2, -0.15) is 5.10 Å². The van der Waals surface area contributed by atoms with Crippen LogP contribution in [-0.4, -0.2) is 69.2 Å². The Morgan fingerprint density at radius 3 is 2.62 bits per heavy atom. The lowest BCUT2D eigenvalue weighted by Gasteiger charge is -2.27. The summed E-state index contributed by atoms with van der Waals surface area (Å²) in [5.74, 6) is -0.181. The van der Waals surface area contributed by atoms with Gasteiger partial charge in [0.05, 0.1) is 32.0 Å². The molecule has 2 aliphatic rings. The molecule has 0 saturated carbocycles. The first-order chi connectivity index (χ1) is 14.2. The molecule has 8 nitrogen and oxygen atoms in total. The maximum atomic E-state index is 13.2. The summed E-state index contributed by atoms with van der Waals surface area (Å²) >= 11 is 0. The van der Waals surface area contributed by atoms with Crippen molar-refractivity contribution in [3.8, 4) is 0 Å². The number of rotatable bonds is 2. The van der Waals surface area contributed by atoms with Crippen LogP contribution in [0.25, 0.3) is 10.8 Å². The average Bonchev–Trinajstić information content (AvgIpc) is 3.21. The molecule has 1 fully saturated rings. The van der Waals surface area contributed by atoms with Gasteiger partial charge in [-0.1, -0.05) is 24.3 Å². The van der Waals surface area contributed by atoms with Crippen LogP contribution in [0.15, 0.2) is 42.6 Å². The van der Waals surface area contributed by atoms with E-state index in [1.165, 1.54) is 0 Å². The van der Waals surface area contributed by atoms with Crippen molar-refractivity contribution in [1.29, 1.82) is 0 Å². The SMILES string of the molecule is O=C(c1cc2n(n1)CCN(C(=O)c1nccc3ccccc13)C2)N1CCOCC1. The van der Waals surface area contributed by atoms with E-state index in [4.69, 9.17) is 4.74 Å². The van der Waals surface area contributed by atoms with Crippen LogP contribution in [0.5, 0.6) is 0 Å². The summed E-state index contributed by atoms with van der Waals surface area (Å²) < 4.78 is 7.14. The van der Waals surface area contributed by atoms with Gasteiger partial charge in [-0.3, -0.25) is 19.3 Å². The van der Waals surface area contributed by atoms with Gasteiger partial charge in [0.25, 0.3) is 11.8 Å². The van der Waals surface area contributed by atoms with Gasteiger partial charge in [0.15, 0.2) is 5.69 Å². The molecule has 4 heterocycles. The Hall–Kier alpha value is -3.26. The fraction of sp³-hybridized carbons (Fsp3) is 0.333. The molecular weight excluding hydrogens is 370 g/mol. The first-order valence-corrected chi connectivity index (χ1v) is 9.77. The number of hydrogen-bond donors (Lipinski definition) is 0. The summed E-state index contributed by atoms with van der Waals surface area (Å²) in [6.07, 6.45) is 1.67. The summed E-state index contributed by atoms with van der Waals surface area (Å²) in [6.45, 7) is 3.77. The highest BCUT2D eigenvalue weighted by Crippen LogP contribution is 2.21. The van der Waals surface area contributed by atoms with E-state index in [9.17, 15) is 9.59 Å². The van der Waals surface area contributed by atoms with Gasteiger partial charge in [0.1, 0.15) is 5.69 Å². The molecule has 0 atom stereocenters. The zero-order valence-electron chi connectivity index (χ0n) is 16.0. The van der Waals surface area contributed by atoms with Crippen molar-refractivity contribution >= 4 is 22.6 Å². The summed E-state index contributed by atoms with van der Waals surface area (Å²) in [4.78, 5) is 33.7. The topological polar surface area (TPSA) is 80.6 Å². The molecule has 0 N–H and O–H groups in total. The largest absolute Gasteiger partial charge is 0.378 e. The summed E-state index contributed by atoms with van der Waals surface area (Å²) in [7, 11) is 0. The van der Waals surface area contributed by atoms with Gasteiger partial charge in [0.2, 0.25) is 0 Å². The van der Waals surface area contributed by atoms with Crippen molar-refractivity contribution < 1.29 is 14.3 Å². The van der Waals surface area contributed by atoms with Crippen molar-refractivity contribution in [2.75, 3.05) is 32.8 Å². The van der Waals surface area contributed by atoms with Crippen LogP contribution < -0.4 is 0 Å². The first kappa shape index (κ1) is 17.8. The number of amides is 2. The third-order valence-electron chi connectivity index (χ3n) is 5.48. The Kier molecular flexibility index (Phi) is 4.48. The number of benzene rings is 1. The van der Waals surface area contributed by atoms with Crippen LogP contribution >= 0.6 is 0 Å². The molecule has 0 spiro atoms. The molecule has 0 bridgehead atoms. The minimum Gasteiger partial charge on any atom is -0.378 e. The Morgan fingerprint density at radius 2 is 1.76 bits per heavy atom. The molecule has 1 aromatic carbocycles. The lowest BCUT2D eigenvalue weighted by molar-refractivity contribution is 0.0298. The van der Waals surface area contributed by atoms with E-state index in [1.54, 1.807) is 22.1 Å². The Morgan fingerprint density at radius 1 is 0.931 bits per heavy atom. The number of fused-ring (bicyclic) bond motifs is 2. The second-order valence-corrected chi connectivity index (χ2v) is 7.26. The highest BCUT2D eigenvalue weighted by atomic mass is 16.5. The van der Waals surface area contributed by atoms with Crippen LogP contribution in [0.4, 0.5) is 0 Å². The van der Waals surface area contributed by atoms with E-state index in [2.05, 4.69) is 10.1 Å². The molecule has 2 aliphatic heterocycles. The predicted molar refractivity (Wildman–Crippen MR) is 105 cm³/mol. The number of nitrogens with zero attached hydrogens (tertiary/aromatic N) is 5. The molecule has 0 unspecified atom stereocenters. The van der Waals surface area contributed by atoms with E-state index in [-0.39, 0.29) is 11.8 Å². The van der Waals surface area contributed by atoms with Crippen molar-refractivity contribution in [2.24, 2.45) is 0 Å². The number of hydrogen-bond acceptors (Lipinski definition) is 5. The van der Waals surface area contributed by atoms with Crippen LogP contribution in [0.1, 0.15) is 26.7 Å². The quantitative estimate of drug-likeness (QED) is 0.662. The number of ether oxygens (including phenoxy) is 1. The van der Waals surface area contributed by atoms with E-state index in [0.717, 1.165) is 16.5 Å². The monoisotopic (exact) mass is 391 g/mol. The van der Waals surface area contributed by atoms with E-state index in [0.29, 0.717) is 57.3 Å². The third-order valence-corrected chi connectivity index (χ3v) is 5.48. The molecule has 0 radical (unpaired) electrons. The van der Waals surface area contributed by atoms with Gasteiger partial charge in [-0.15, -0.1) is 0 Å². The second-order valence-electron chi connectivity index (χ2n) is 7.26. The van der Waals surface area contributed by atoms with E-state index in [1.807, 2.05) is 35.0 Å².